The molecule has 0 aliphatic carbocycles. The molecule has 1 aliphatic rings. The summed E-state index contributed by atoms with van der Waals surface area (Å²) in [5.74, 6) is 0.0703. The van der Waals surface area contributed by atoms with Crippen molar-refractivity contribution in [3.63, 3.8) is 0 Å². The van der Waals surface area contributed by atoms with Gasteiger partial charge >= 0.3 is 0 Å². The number of hydrogen-bond donors (Lipinski definition) is 1. The van der Waals surface area contributed by atoms with E-state index in [0.29, 0.717) is 29.0 Å². The van der Waals surface area contributed by atoms with Crippen molar-refractivity contribution in [3.05, 3.63) is 59.7 Å². The number of nitrogens with one attached hydrogen (secondary N) is 1. The third-order valence-electron chi connectivity index (χ3n) is 4.86. The summed E-state index contributed by atoms with van der Waals surface area (Å²) in [6.07, 6.45) is 0.380. The lowest BCUT2D eigenvalue weighted by Gasteiger charge is -2.26. The van der Waals surface area contributed by atoms with E-state index in [0.717, 1.165) is 4.90 Å². The maximum atomic E-state index is 12.9. The van der Waals surface area contributed by atoms with Gasteiger partial charge in [0.1, 0.15) is 12.6 Å². The van der Waals surface area contributed by atoms with Gasteiger partial charge in [-0.1, -0.05) is 38.1 Å². The van der Waals surface area contributed by atoms with Crippen LogP contribution in [0.25, 0.3) is 0 Å². The summed E-state index contributed by atoms with van der Waals surface area (Å²) in [5, 5.41) is 2.79. The van der Waals surface area contributed by atoms with Crippen LogP contribution in [0.15, 0.2) is 48.5 Å². The normalized spacial score (nSPS) is 13.9. The number of benzene rings is 2. The summed E-state index contributed by atoms with van der Waals surface area (Å²) >= 11 is 0. The number of methoxy groups -OCH3 is 1. The molecule has 0 aromatic heterocycles. The van der Waals surface area contributed by atoms with E-state index in [-0.39, 0.29) is 25.0 Å². The number of fused-ring (bicyclic) bond motifs is 1. The number of hydrogen-bond acceptors (Lipinski definition) is 5. The van der Waals surface area contributed by atoms with E-state index in [9.17, 15) is 14.4 Å². The zero-order chi connectivity index (χ0) is 21.7. The van der Waals surface area contributed by atoms with Gasteiger partial charge < -0.3 is 14.8 Å². The van der Waals surface area contributed by atoms with Crippen LogP contribution in [0.3, 0.4) is 0 Å². The molecule has 0 saturated heterocycles. The van der Waals surface area contributed by atoms with Gasteiger partial charge in [-0.2, -0.15) is 0 Å². The molecule has 2 aromatic rings. The molecule has 1 atom stereocenters. The smallest absolute Gasteiger partial charge is 0.262 e. The summed E-state index contributed by atoms with van der Waals surface area (Å²) in [4.78, 5) is 39.6. The topological polar surface area (TPSA) is 84.9 Å². The van der Waals surface area contributed by atoms with E-state index >= 15 is 0 Å². The Labute approximate surface area is 176 Å². The van der Waals surface area contributed by atoms with Crippen molar-refractivity contribution in [2.45, 2.75) is 26.3 Å². The minimum Gasteiger partial charge on any atom is -0.493 e. The van der Waals surface area contributed by atoms with Crippen molar-refractivity contribution in [1.82, 2.24) is 10.2 Å². The van der Waals surface area contributed by atoms with Crippen molar-refractivity contribution in [2.75, 3.05) is 20.3 Å². The quantitative estimate of drug-likeness (QED) is 0.508. The summed E-state index contributed by atoms with van der Waals surface area (Å²) in [6, 6.07) is 13.0. The van der Waals surface area contributed by atoms with Crippen molar-refractivity contribution in [1.29, 1.82) is 0 Å². The molecule has 0 saturated carbocycles. The molecule has 3 rings (SSSR count). The Morgan fingerprint density at radius 2 is 1.53 bits per heavy atom. The van der Waals surface area contributed by atoms with Crippen molar-refractivity contribution in [3.8, 4) is 11.5 Å². The van der Waals surface area contributed by atoms with Gasteiger partial charge in [0.25, 0.3) is 11.8 Å². The average Bonchev–Trinajstić information content (AvgIpc) is 3.00. The van der Waals surface area contributed by atoms with E-state index in [1.165, 1.54) is 0 Å². The Bertz CT molecular complexity index is 906. The minimum atomic E-state index is -0.872. The highest BCUT2D eigenvalue weighted by Gasteiger charge is 2.42. The first-order valence-corrected chi connectivity index (χ1v) is 9.94. The number of carbonyl (C=O) groups is 3. The Hall–Kier alpha value is -3.35. The summed E-state index contributed by atoms with van der Waals surface area (Å²) < 4.78 is 10.9. The molecule has 0 spiro atoms. The van der Waals surface area contributed by atoms with Crippen molar-refractivity contribution in [2.24, 2.45) is 5.92 Å². The third-order valence-corrected chi connectivity index (χ3v) is 4.86. The van der Waals surface area contributed by atoms with Gasteiger partial charge in [-0.25, -0.2) is 0 Å². The number of ether oxygens (including phenoxy) is 2. The molecular weight excluding hydrogens is 384 g/mol. The molecule has 2 aromatic carbocycles. The fourth-order valence-corrected chi connectivity index (χ4v) is 3.46. The van der Waals surface area contributed by atoms with Gasteiger partial charge in [-0.15, -0.1) is 0 Å². The second kappa shape index (κ2) is 9.43. The number of rotatable bonds is 9. The average molecular weight is 410 g/mol. The molecule has 1 unspecified atom stereocenters. The van der Waals surface area contributed by atoms with Crippen LogP contribution in [0, 0.1) is 5.92 Å². The number of amides is 3. The van der Waals surface area contributed by atoms with Crippen LogP contribution in [-0.4, -0.2) is 48.9 Å². The van der Waals surface area contributed by atoms with Gasteiger partial charge in [0.15, 0.2) is 11.5 Å². The van der Waals surface area contributed by atoms with Crippen LogP contribution in [0.2, 0.25) is 0 Å². The second-order valence-electron chi connectivity index (χ2n) is 7.46. The predicted molar refractivity (Wildman–Crippen MR) is 112 cm³/mol. The fraction of sp³-hybridized carbons (Fsp3) is 0.348. The van der Waals surface area contributed by atoms with Crippen LogP contribution in [0.4, 0.5) is 0 Å². The SMILES string of the molecule is COc1ccccc1OCCNC(=O)C(CC(C)C)N1C(=O)c2ccccc2C1=O. The Morgan fingerprint density at radius 3 is 2.10 bits per heavy atom. The maximum absolute atomic E-state index is 12.9. The predicted octanol–water partition coefficient (Wildman–Crippen LogP) is 2.90. The number of nitrogens with zero attached hydrogens (tertiary/aromatic N) is 1. The van der Waals surface area contributed by atoms with Crippen molar-refractivity contribution >= 4 is 17.7 Å². The molecule has 0 fully saturated rings. The molecule has 3 amide bonds. The first kappa shape index (κ1) is 21.4. The van der Waals surface area contributed by atoms with Crippen LogP contribution >= 0.6 is 0 Å². The van der Waals surface area contributed by atoms with Crippen LogP contribution in [-0.2, 0) is 4.79 Å². The molecule has 7 heteroatoms. The molecule has 30 heavy (non-hydrogen) atoms. The molecule has 1 N–H and O–H groups in total. The van der Waals surface area contributed by atoms with Gasteiger partial charge in [-0.05, 0) is 36.6 Å². The molecule has 0 radical (unpaired) electrons. The fourth-order valence-electron chi connectivity index (χ4n) is 3.46. The maximum Gasteiger partial charge on any atom is 0.262 e. The lowest BCUT2D eigenvalue weighted by Crippen LogP contribution is -2.50. The van der Waals surface area contributed by atoms with E-state index < -0.39 is 17.9 Å². The van der Waals surface area contributed by atoms with E-state index in [1.54, 1.807) is 43.5 Å². The van der Waals surface area contributed by atoms with Crippen molar-refractivity contribution < 1.29 is 23.9 Å². The van der Waals surface area contributed by atoms with E-state index in [1.807, 2.05) is 26.0 Å². The number of para-hydroxylation sites is 2. The molecular formula is C23H26N2O5. The molecule has 158 valence electrons. The zero-order valence-electron chi connectivity index (χ0n) is 17.4. The Morgan fingerprint density at radius 1 is 0.967 bits per heavy atom. The van der Waals surface area contributed by atoms with Crippen LogP contribution in [0.5, 0.6) is 11.5 Å². The largest absolute Gasteiger partial charge is 0.493 e. The van der Waals surface area contributed by atoms with Gasteiger partial charge in [0, 0.05) is 0 Å². The first-order valence-electron chi connectivity index (χ1n) is 9.94. The highest BCUT2D eigenvalue weighted by Crippen LogP contribution is 2.27. The summed E-state index contributed by atoms with van der Waals surface area (Å²) in [7, 11) is 1.56. The zero-order valence-corrected chi connectivity index (χ0v) is 17.4. The number of carbonyl (C=O) groups excluding carboxylic acids is 3. The summed E-state index contributed by atoms with van der Waals surface area (Å²) in [5.41, 5.74) is 0.673. The van der Waals surface area contributed by atoms with E-state index in [2.05, 4.69) is 5.32 Å². The highest BCUT2D eigenvalue weighted by atomic mass is 16.5. The standard InChI is InChI=1S/C23H26N2O5/c1-15(2)14-18(25-22(27)16-8-4-5-9-17(16)23(25)28)21(26)24-12-13-30-20-11-7-6-10-19(20)29-3/h4-11,15,18H,12-14H2,1-3H3,(H,24,26). The Balaban J connectivity index is 1.65. The number of imide groups is 1. The third kappa shape index (κ3) is 4.45. The van der Waals surface area contributed by atoms with Gasteiger partial charge in [0.2, 0.25) is 5.91 Å². The molecule has 7 nitrogen and oxygen atoms in total. The molecule has 1 heterocycles. The Kier molecular flexibility index (Phi) is 6.72. The van der Waals surface area contributed by atoms with Crippen LogP contribution in [0.1, 0.15) is 41.0 Å². The second-order valence-corrected chi connectivity index (χ2v) is 7.46. The molecule has 0 bridgehead atoms. The highest BCUT2D eigenvalue weighted by molar-refractivity contribution is 6.22. The van der Waals surface area contributed by atoms with E-state index in [4.69, 9.17) is 9.47 Å². The lowest BCUT2D eigenvalue weighted by atomic mass is 10.0. The molecule has 1 aliphatic heterocycles. The van der Waals surface area contributed by atoms with Gasteiger partial charge in [-0.3, -0.25) is 19.3 Å². The minimum absolute atomic E-state index is 0.120. The van der Waals surface area contributed by atoms with Crippen LogP contribution < -0.4 is 14.8 Å². The first-order chi connectivity index (χ1) is 14.4. The lowest BCUT2D eigenvalue weighted by molar-refractivity contribution is -0.125. The van der Waals surface area contributed by atoms with Gasteiger partial charge in [0.05, 0.1) is 24.8 Å². The summed E-state index contributed by atoms with van der Waals surface area (Å²) in [6.45, 7) is 4.35. The monoisotopic (exact) mass is 410 g/mol.